The van der Waals surface area contributed by atoms with Gasteiger partial charge in [-0.15, -0.1) is 0 Å². The van der Waals surface area contributed by atoms with Gasteiger partial charge in [-0.2, -0.15) is 0 Å². The van der Waals surface area contributed by atoms with E-state index in [0.29, 0.717) is 9.13 Å². The van der Waals surface area contributed by atoms with Crippen LogP contribution in [0.5, 0.6) is 0 Å². The van der Waals surface area contributed by atoms with Crippen molar-refractivity contribution in [3.63, 3.8) is 0 Å². The molecule has 4 nitrogen and oxygen atoms in total. The second-order valence-electron chi connectivity index (χ2n) is 4.28. The van der Waals surface area contributed by atoms with Crippen molar-refractivity contribution in [2.75, 3.05) is 0 Å². The molecule has 0 aromatic heterocycles. The summed E-state index contributed by atoms with van der Waals surface area (Å²) >= 11 is -3.12. The van der Waals surface area contributed by atoms with Crippen LogP contribution in [-0.4, -0.2) is 11.9 Å². The molecule has 0 saturated carbocycles. The van der Waals surface area contributed by atoms with Crippen LogP contribution in [0.1, 0.15) is 11.1 Å². The summed E-state index contributed by atoms with van der Waals surface area (Å²) in [6, 6.07) is 15.8. The van der Waals surface area contributed by atoms with Crippen molar-refractivity contribution in [1.29, 1.82) is 0 Å². The normalized spacial score (nSPS) is 12.2. The number of hydrogen-bond acceptors (Lipinski definition) is 4. The first-order valence-electron chi connectivity index (χ1n) is 5.89. The molecule has 0 unspecified atom stereocenters. The summed E-state index contributed by atoms with van der Waals surface area (Å²) in [4.78, 5) is 0. The van der Waals surface area contributed by atoms with Gasteiger partial charge in [0.2, 0.25) is 0 Å². The van der Waals surface area contributed by atoms with Gasteiger partial charge in [0, 0.05) is 0 Å². The minimum absolute atomic E-state index is 0.228. The molecule has 108 valence electrons. The van der Waals surface area contributed by atoms with E-state index in [9.17, 15) is 11.9 Å². The topological polar surface area (TPSA) is 63.6 Å². The van der Waals surface area contributed by atoms with Gasteiger partial charge in [0.1, 0.15) is 0 Å². The van der Waals surface area contributed by atoms with Gasteiger partial charge in [-0.1, -0.05) is 0 Å². The predicted octanol–water partition coefficient (Wildman–Crippen LogP) is 3.04. The molecule has 2 aromatic rings. The standard InChI is InChI=1S/C14H15IO4S/c1-12-7-9-14(10-8-12)15(16)19-20(17,18)11-13-5-3-2-4-6-13/h2-10,16H,11H2,1H3. The van der Waals surface area contributed by atoms with Crippen LogP contribution in [0.4, 0.5) is 0 Å². The zero-order valence-corrected chi connectivity index (χ0v) is 13.8. The van der Waals surface area contributed by atoms with Crippen LogP contribution >= 0.6 is 20.6 Å². The fraction of sp³-hybridized carbons (Fsp3) is 0.143. The van der Waals surface area contributed by atoms with Crippen molar-refractivity contribution in [3.8, 4) is 0 Å². The number of aryl methyl sites for hydroxylation is 1. The zero-order chi connectivity index (χ0) is 14.6. The van der Waals surface area contributed by atoms with Gasteiger partial charge in [0.15, 0.2) is 0 Å². The third-order valence-electron chi connectivity index (χ3n) is 2.54. The Balaban J connectivity index is 2.06. The molecule has 0 saturated heterocycles. The summed E-state index contributed by atoms with van der Waals surface area (Å²) in [5.41, 5.74) is 1.69. The van der Waals surface area contributed by atoms with E-state index < -0.39 is 30.8 Å². The molecule has 0 radical (unpaired) electrons. The Morgan fingerprint density at radius 1 is 1.05 bits per heavy atom. The third kappa shape index (κ3) is 4.55. The van der Waals surface area contributed by atoms with E-state index >= 15 is 0 Å². The molecule has 0 spiro atoms. The molecule has 0 aliphatic rings. The van der Waals surface area contributed by atoms with E-state index in [1.807, 2.05) is 25.1 Å². The molecule has 0 aliphatic carbocycles. The second-order valence-corrected chi connectivity index (χ2v) is 9.45. The van der Waals surface area contributed by atoms with Gasteiger partial charge in [0.05, 0.1) is 0 Å². The molecule has 2 aromatic carbocycles. The van der Waals surface area contributed by atoms with E-state index in [1.165, 1.54) is 0 Å². The van der Waals surface area contributed by atoms with Crippen LogP contribution < -0.4 is 0 Å². The van der Waals surface area contributed by atoms with Crippen LogP contribution in [0.3, 0.4) is 0 Å². The van der Waals surface area contributed by atoms with Crippen molar-refractivity contribution in [3.05, 3.63) is 69.3 Å². The maximum atomic E-state index is 11.9. The fourth-order valence-electron chi connectivity index (χ4n) is 1.57. The molecular formula is C14H15IO4S. The molecule has 0 atom stereocenters. The number of halogens is 1. The average Bonchev–Trinajstić information content (AvgIpc) is 2.39. The van der Waals surface area contributed by atoms with Crippen molar-refractivity contribution < 1.29 is 14.4 Å². The molecule has 20 heavy (non-hydrogen) atoms. The van der Waals surface area contributed by atoms with Crippen molar-refractivity contribution in [1.82, 2.24) is 0 Å². The summed E-state index contributed by atoms with van der Waals surface area (Å²) in [5.74, 6) is -0.228. The summed E-state index contributed by atoms with van der Waals surface area (Å²) in [7, 11) is -3.77. The fourth-order valence-corrected chi connectivity index (χ4v) is 6.00. The van der Waals surface area contributed by atoms with Crippen molar-refractivity contribution in [2.45, 2.75) is 12.7 Å². The molecule has 0 fully saturated rings. The van der Waals surface area contributed by atoms with E-state index in [1.54, 1.807) is 36.4 Å². The molecule has 0 heterocycles. The van der Waals surface area contributed by atoms with Crippen molar-refractivity contribution in [2.24, 2.45) is 0 Å². The summed E-state index contributed by atoms with van der Waals surface area (Å²) < 4.78 is 39.3. The predicted molar refractivity (Wildman–Crippen MR) is 86.3 cm³/mol. The minimum atomic E-state index is -3.77. The summed E-state index contributed by atoms with van der Waals surface area (Å²) in [5, 5.41) is 0. The van der Waals surface area contributed by atoms with Crippen LogP contribution in [0.25, 0.3) is 0 Å². The average molecular weight is 406 g/mol. The third-order valence-corrected chi connectivity index (χ3v) is 7.99. The van der Waals surface area contributed by atoms with E-state index in [0.717, 1.165) is 5.56 Å². The van der Waals surface area contributed by atoms with E-state index in [2.05, 4.69) is 0 Å². The second kappa shape index (κ2) is 6.66. The summed E-state index contributed by atoms with van der Waals surface area (Å²) in [6.45, 7) is 1.92. The van der Waals surface area contributed by atoms with Crippen LogP contribution in [0.15, 0.2) is 54.6 Å². The first-order chi connectivity index (χ1) is 9.46. The number of hydrogen-bond donors (Lipinski definition) is 1. The Morgan fingerprint density at radius 3 is 2.25 bits per heavy atom. The first kappa shape index (κ1) is 15.4. The molecule has 2 rings (SSSR count). The van der Waals surface area contributed by atoms with Gasteiger partial charge in [-0.25, -0.2) is 0 Å². The Hall–Kier alpha value is -0.960. The Morgan fingerprint density at radius 2 is 1.65 bits per heavy atom. The van der Waals surface area contributed by atoms with Crippen LogP contribution in [0, 0.1) is 10.5 Å². The quantitative estimate of drug-likeness (QED) is 0.776. The first-order valence-corrected chi connectivity index (χ1v) is 10.4. The monoisotopic (exact) mass is 406 g/mol. The number of benzene rings is 2. The Kier molecular flexibility index (Phi) is 5.14. The molecular weight excluding hydrogens is 391 g/mol. The van der Waals surface area contributed by atoms with Crippen LogP contribution in [0.2, 0.25) is 0 Å². The van der Waals surface area contributed by atoms with E-state index in [-0.39, 0.29) is 5.75 Å². The van der Waals surface area contributed by atoms with Gasteiger partial charge in [-0.05, 0) is 0 Å². The Labute approximate surface area is 127 Å². The molecule has 1 N–H and O–H groups in total. The zero-order valence-electron chi connectivity index (χ0n) is 10.9. The van der Waals surface area contributed by atoms with Crippen LogP contribution in [-0.2, 0) is 18.4 Å². The molecule has 0 aliphatic heterocycles. The van der Waals surface area contributed by atoms with Gasteiger partial charge in [-0.3, -0.25) is 0 Å². The van der Waals surface area contributed by atoms with Crippen molar-refractivity contribution >= 4 is 30.8 Å². The molecule has 6 heteroatoms. The molecule has 0 bridgehead atoms. The van der Waals surface area contributed by atoms with Gasteiger partial charge in [0.25, 0.3) is 0 Å². The number of rotatable bonds is 5. The van der Waals surface area contributed by atoms with Gasteiger partial charge < -0.3 is 0 Å². The van der Waals surface area contributed by atoms with E-state index in [4.69, 9.17) is 2.51 Å². The SMILES string of the molecule is Cc1ccc(I(O)OS(=O)(=O)Cc2ccccc2)cc1. The molecule has 0 amide bonds. The summed E-state index contributed by atoms with van der Waals surface area (Å²) in [6.07, 6.45) is 0. The van der Waals surface area contributed by atoms with Gasteiger partial charge >= 0.3 is 127 Å². The maximum absolute atomic E-state index is 11.9. The Bertz CT molecular complexity index is 653.